The van der Waals surface area contributed by atoms with Crippen molar-refractivity contribution in [1.29, 1.82) is 0 Å². The first-order valence-corrected chi connectivity index (χ1v) is 8.75. The molecule has 0 bridgehead atoms. The van der Waals surface area contributed by atoms with Crippen LogP contribution in [0.5, 0.6) is 0 Å². The second-order valence-corrected chi connectivity index (χ2v) is 7.51. The third-order valence-corrected chi connectivity index (χ3v) is 3.20. The number of hydrogen-bond donors (Lipinski definition) is 1. The van der Waals surface area contributed by atoms with Crippen LogP contribution in [0.3, 0.4) is 0 Å². The molecule has 0 fully saturated rings. The minimum absolute atomic E-state index is 0.145. The number of carbonyl (C=O) groups is 2. The second-order valence-electron chi connectivity index (χ2n) is 5.86. The lowest BCUT2D eigenvalue weighted by molar-refractivity contribution is -0.144. The fraction of sp³-hybridized carbons (Fsp3) is 0.714. The maximum Gasteiger partial charge on any atom is 0.408 e. The molecule has 134 valence electrons. The first-order valence-electron chi connectivity index (χ1n) is 6.94. The van der Waals surface area contributed by atoms with Gasteiger partial charge in [0, 0.05) is 5.92 Å². The maximum absolute atomic E-state index is 11.9. The lowest BCUT2D eigenvalue weighted by atomic mass is 9.96. The first kappa shape index (κ1) is 21.4. The molecule has 0 aromatic rings. The van der Waals surface area contributed by atoms with Gasteiger partial charge in [-0.1, -0.05) is 6.08 Å². The quantitative estimate of drug-likeness (QED) is 0.398. The van der Waals surface area contributed by atoms with Gasteiger partial charge >= 0.3 is 12.1 Å². The Bertz CT molecular complexity index is 522. The Morgan fingerprint density at radius 1 is 1.30 bits per heavy atom. The first-order chi connectivity index (χ1) is 10.4. The van der Waals surface area contributed by atoms with E-state index in [9.17, 15) is 18.0 Å². The van der Waals surface area contributed by atoms with Gasteiger partial charge in [-0.2, -0.15) is 8.42 Å². The zero-order valence-corrected chi connectivity index (χ0v) is 14.9. The molecule has 0 rings (SSSR count). The zero-order chi connectivity index (χ0) is 18.3. The van der Waals surface area contributed by atoms with Crippen molar-refractivity contribution in [2.45, 2.75) is 38.8 Å². The second kappa shape index (κ2) is 8.88. The lowest BCUT2D eigenvalue weighted by Crippen LogP contribution is -2.48. The van der Waals surface area contributed by atoms with Crippen LogP contribution < -0.4 is 5.32 Å². The lowest BCUT2D eigenvalue weighted by Gasteiger charge is -2.26. The third kappa shape index (κ3) is 9.90. The highest BCUT2D eigenvalue weighted by molar-refractivity contribution is 7.85. The number of amides is 1. The summed E-state index contributed by atoms with van der Waals surface area (Å²) in [5, 5.41) is 2.41. The summed E-state index contributed by atoms with van der Waals surface area (Å²) >= 11 is 0. The number of nitrogens with one attached hydrogen (secondary N) is 1. The average molecular weight is 351 g/mol. The standard InChI is InChI=1S/C14H25NO7S/c1-7-10(8-9-21-23(6,18)19)11(12(16)20-5)15-13(17)22-14(2,3)4/h7,10-11H,1,8-9H2,2-6H3,(H,15,17)/t10-,11+/m1/s1. The van der Waals surface area contributed by atoms with Gasteiger partial charge in [0.1, 0.15) is 11.6 Å². The zero-order valence-electron chi connectivity index (χ0n) is 14.1. The molecule has 1 amide bonds. The monoisotopic (exact) mass is 351 g/mol. The number of alkyl carbamates (subject to hydrolysis) is 1. The molecule has 23 heavy (non-hydrogen) atoms. The molecule has 0 aliphatic carbocycles. The van der Waals surface area contributed by atoms with E-state index in [0.717, 1.165) is 6.26 Å². The van der Waals surface area contributed by atoms with Crippen LogP contribution in [0.2, 0.25) is 0 Å². The van der Waals surface area contributed by atoms with Crippen molar-refractivity contribution in [2.75, 3.05) is 20.0 Å². The predicted octanol–water partition coefficient (Wildman–Crippen LogP) is 1.22. The normalized spacial score (nSPS) is 14.5. The molecule has 0 aliphatic rings. The van der Waals surface area contributed by atoms with Gasteiger partial charge in [-0.15, -0.1) is 6.58 Å². The molecule has 0 spiro atoms. The van der Waals surface area contributed by atoms with Crippen LogP contribution in [0.1, 0.15) is 27.2 Å². The Balaban J connectivity index is 4.94. The molecule has 0 saturated carbocycles. The van der Waals surface area contributed by atoms with E-state index in [0.29, 0.717) is 0 Å². The number of methoxy groups -OCH3 is 1. The average Bonchev–Trinajstić information content (AvgIpc) is 2.37. The highest BCUT2D eigenvalue weighted by Crippen LogP contribution is 2.15. The highest BCUT2D eigenvalue weighted by Gasteiger charge is 2.30. The summed E-state index contributed by atoms with van der Waals surface area (Å²) < 4.78 is 36.3. The topological polar surface area (TPSA) is 108 Å². The third-order valence-electron chi connectivity index (χ3n) is 2.61. The van der Waals surface area contributed by atoms with Crippen molar-refractivity contribution >= 4 is 22.2 Å². The van der Waals surface area contributed by atoms with E-state index in [1.807, 2.05) is 0 Å². The summed E-state index contributed by atoms with van der Waals surface area (Å²) in [5.74, 6) is -1.28. The molecule has 0 aromatic heterocycles. The molecule has 9 heteroatoms. The van der Waals surface area contributed by atoms with E-state index in [1.165, 1.54) is 13.2 Å². The van der Waals surface area contributed by atoms with Crippen molar-refractivity contribution in [3.8, 4) is 0 Å². The Morgan fingerprint density at radius 3 is 2.26 bits per heavy atom. The van der Waals surface area contributed by atoms with Crippen molar-refractivity contribution in [1.82, 2.24) is 5.32 Å². The highest BCUT2D eigenvalue weighted by atomic mass is 32.2. The molecule has 0 saturated heterocycles. The smallest absolute Gasteiger partial charge is 0.408 e. The Hall–Kier alpha value is -1.61. The van der Waals surface area contributed by atoms with Crippen LogP contribution >= 0.6 is 0 Å². The largest absolute Gasteiger partial charge is 0.467 e. The van der Waals surface area contributed by atoms with Crippen LogP contribution in [0.25, 0.3) is 0 Å². The fourth-order valence-electron chi connectivity index (χ4n) is 1.66. The van der Waals surface area contributed by atoms with E-state index in [4.69, 9.17) is 4.74 Å². The van der Waals surface area contributed by atoms with E-state index < -0.39 is 39.7 Å². The van der Waals surface area contributed by atoms with Crippen LogP contribution in [0.4, 0.5) is 4.79 Å². The van der Waals surface area contributed by atoms with Gasteiger partial charge in [0.15, 0.2) is 0 Å². The molecule has 1 N–H and O–H groups in total. The summed E-state index contributed by atoms with van der Waals surface area (Å²) in [6.07, 6.45) is 1.70. The molecule has 0 aliphatic heterocycles. The predicted molar refractivity (Wildman–Crippen MR) is 84.3 cm³/mol. The van der Waals surface area contributed by atoms with E-state index in [1.54, 1.807) is 20.8 Å². The van der Waals surface area contributed by atoms with Crippen molar-refractivity contribution < 1.29 is 31.7 Å². The van der Waals surface area contributed by atoms with Gasteiger partial charge in [0.25, 0.3) is 10.1 Å². The molecule has 2 atom stereocenters. The summed E-state index contributed by atoms with van der Waals surface area (Å²) in [6.45, 7) is 8.49. The number of carbonyl (C=O) groups excluding carboxylic acids is 2. The molecule has 0 aromatic carbocycles. The van der Waals surface area contributed by atoms with Gasteiger partial charge in [0.05, 0.1) is 20.0 Å². The molecule has 8 nitrogen and oxygen atoms in total. The van der Waals surface area contributed by atoms with Crippen molar-refractivity contribution in [3.05, 3.63) is 12.7 Å². The van der Waals surface area contributed by atoms with Gasteiger partial charge < -0.3 is 14.8 Å². The number of esters is 1. The minimum Gasteiger partial charge on any atom is -0.467 e. The number of rotatable bonds is 8. The SMILES string of the molecule is C=C[C@H](CCOS(C)(=O)=O)[C@H](NC(=O)OC(C)(C)C)C(=O)OC. The van der Waals surface area contributed by atoms with Crippen LogP contribution in [0, 0.1) is 5.92 Å². The summed E-state index contributed by atoms with van der Waals surface area (Å²) in [6, 6.07) is -1.06. The van der Waals surface area contributed by atoms with Crippen molar-refractivity contribution in [2.24, 2.45) is 5.92 Å². The van der Waals surface area contributed by atoms with Gasteiger partial charge in [-0.3, -0.25) is 4.18 Å². The molecular formula is C14H25NO7S. The molecule has 0 heterocycles. The van der Waals surface area contributed by atoms with Crippen molar-refractivity contribution in [3.63, 3.8) is 0 Å². The number of hydrogen-bond acceptors (Lipinski definition) is 7. The summed E-state index contributed by atoms with van der Waals surface area (Å²) in [4.78, 5) is 23.7. The molecule has 0 unspecified atom stereocenters. The summed E-state index contributed by atoms with van der Waals surface area (Å²) in [7, 11) is -2.41. The van der Waals surface area contributed by atoms with E-state index >= 15 is 0 Å². The van der Waals surface area contributed by atoms with E-state index in [-0.39, 0.29) is 13.0 Å². The number of ether oxygens (including phenoxy) is 2. The van der Waals surface area contributed by atoms with Gasteiger partial charge in [-0.05, 0) is 27.2 Å². The maximum atomic E-state index is 11.9. The Morgan fingerprint density at radius 2 is 1.87 bits per heavy atom. The fourth-order valence-corrected chi connectivity index (χ4v) is 2.06. The van der Waals surface area contributed by atoms with Crippen LogP contribution in [-0.4, -0.2) is 52.1 Å². The van der Waals surface area contributed by atoms with Gasteiger partial charge in [-0.25, -0.2) is 9.59 Å². The van der Waals surface area contributed by atoms with Crippen LogP contribution in [-0.2, 0) is 28.6 Å². The van der Waals surface area contributed by atoms with E-state index in [2.05, 4.69) is 20.8 Å². The molecular weight excluding hydrogens is 326 g/mol. The Labute approximate surface area is 137 Å². The van der Waals surface area contributed by atoms with Crippen LogP contribution in [0.15, 0.2) is 12.7 Å². The summed E-state index contributed by atoms with van der Waals surface area (Å²) in [5.41, 5.74) is -0.728. The molecule has 0 radical (unpaired) electrons. The van der Waals surface area contributed by atoms with Gasteiger partial charge in [0.2, 0.25) is 0 Å². The Kier molecular flexibility index (Phi) is 8.25. The minimum atomic E-state index is -3.59.